The van der Waals surface area contributed by atoms with Crippen molar-refractivity contribution in [3.63, 3.8) is 0 Å². The highest BCUT2D eigenvalue weighted by molar-refractivity contribution is 5.81. The van der Waals surface area contributed by atoms with Crippen molar-refractivity contribution in [3.8, 4) is 11.5 Å². The van der Waals surface area contributed by atoms with Gasteiger partial charge < -0.3 is 19.7 Å². The Hall–Kier alpha value is -2.69. The van der Waals surface area contributed by atoms with E-state index < -0.39 is 6.10 Å². The molecular formula is C25H34N2O3. The van der Waals surface area contributed by atoms with E-state index in [9.17, 15) is 4.79 Å². The first-order valence-corrected chi connectivity index (χ1v) is 11.0. The maximum Gasteiger partial charge on any atom is 0.261 e. The fourth-order valence-corrected chi connectivity index (χ4v) is 3.77. The summed E-state index contributed by atoms with van der Waals surface area (Å²) in [6.45, 7) is 8.52. The molecule has 2 aromatic rings. The summed E-state index contributed by atoms with van der Waals surface area (Å²) in [6.07, 6.45) is 2.56. The number of hydrogen-bond acceptors (Lipinski definition) is 4. The minimum absolute atomic E-state index is 0.0820. The van der Waals surface area contributed by atoms with Crippen LogP contribution >= 0.6 is 0 Å². The number of anilines is 1. The number of carbonyl (C=O) groups excluding carboxylic acids is 1. The molecule has 1 N–H and O–H groups in total. The zero-order valence-corrected chi connectivity index (χ0v) is 18.6. The smallest absolute Gasteiger partial charge is 0.261 e. The maximum atomic E-state index is 12.8. The molecule has 1 saturated heterocycles. The van der Waals surface area contributed by atoms with Gasteiger partial charge >= 0.3 is 0 Å². The van der Waals surface area contributed by atoms with Gasteiger partial charge in [0.05, 0.1) is 13.2 Å². The predicted octanol–water partition coefficient (Wildman–Crippen LogP) is 4.97. The first-order valence-electron chi connectivity index (χ1n) is 11.0. The third-order valence-corrected chi connectivity index (χ3v) is 5.90. The predicted molar refractivity (Wildman–Crippen MR) is 121 cm³/mol. The number of nitrogens with one attached hydrogen (secondary N) is 1. The monoisotopic (exact) mass is 410 g/mol. The lowest BCUT2D eigenvalue weighted by Gasteiger charge is -2.32. The van der Waals surface area contributed by atoms with Crippen LogP contribution in [0, 0.1) is 5.92 Å². The molecule has 0 radical (unpaired) electrons. The fraction of sp³-hybridized carbons (Fsp3) is 0.480. The first-order chi connectivity index (χ1) is 14.5. The van der Waals surface area contributed by atoms with E-state index >= 15 is 0 Å². The topological polar surface area (TPSA) is 50.8 Å². The Balaban J connectivity index is 1.56. The van der Waals surface area contributed by atoms with E-state index in [4.69, 9.17) is 9.47 Å². The lowest BCUT2D eigenvalue weighted by Crippen LogP contribution is -2.39. The highest BCUT2D eigenvalue weighted by Crippen LogP contribution is 2.25. The van der Waals surface area contributed by atoms with Gasteiger partial charge in [-0.15, -0.1) is 0 Å². The van der Waals surface area contributed by atoms with Crippen molar-refractivity contribution < 1.29 is 14.3 Å². The van der Waals surface area contributed by atoms with Crippen LogP contribution in [-0.2, 0) is 4.79 Å². The molecule has 0 aromatic heterocycles. The van der Waals surface area contributed by atoms with E-state index in [2.05, 4.69) is 41.4 Å². The second kappa shape index (κ2) is 10.4. The van der Waals surface area contributed by atoms with Crippen molar-refractivity contribution in [3.05, 3.63) is 54.1 Å². The zero-order valence-electron chi connectivity index (χ0n) is 18.6. The van der Waals surface area contributed by atoms with Crippen LogP contribution in [0.4, 0.5) is 5.69 Å². The fourth-order valence-electron chi connectivity index (χ4n) is 3.77. The van der Waals surface area contributed by atoms with Crippen LogP contribution in [0.5, 0.6) is 11.5 Å². The van der Waals surface area contributed by atoms with Crippen LogP contribution in [0.1, 0.15) is 51.6 Å². The van der Waals surface area contributed by atoms with Crippen LogP contribution in [0.15, 0.2) is 48.5 Å². The van der Waals surface area contributed by atoms with Gasteiger partial charge in [0, 0.05) is 18.8 Å². The van der Waals surface area contributed by atoms with Crippen molar-refractivity contribution in [2.75, 3.05) is 25.1 Å². The van der Waals surface area contributed by atoms with Crippen molar-refractivity contribution >= 4 is 11.6 Å². The molecule has 1 fully saturated rings. The summed E-state index contributed by atoms with van der Waals surface area (Å²) >= 11 is 0. The van der Waals surface area contributed by atoms with Gasteiger partial charge in [-0.25, -0.2) is 0 Å². The van der Waals surface area contributed by atoms with Gasteiger partial charge in [-0.2, -0.15) is 0 Å². The van der Waals surface area contributed by atoms with Gasteiger partial charge in [-0.05, 0) is 74.1 Å². The molecule has 30 heavy (non-hydrogen) atoms. The molecule has 1 heterocycles. The third kappa shape index (κ3) is 5.68. The summed E-state index contributed by atoms with van der Waals surface area (Å²) < 4.78 is 11.1. The van der Waals surface area contributed by atoms with Crippen LogP contribution in [-0.4, -0.2) is 32.2 Å². The first kappa shape index (κ1) is 22.0. The summed E-state index contributed by atoms with van der Waals surface area (Å²) in [5.74, 6) is 2.14. The molecule has 2 atom stereocenters. The molecule has 0 saturated carbocycles. The van der Waals surface area contributed by atoms with Gasteiger partial charge in [0.2, 0.25) is 0 Å². The minimum atomic E-state index is -0.532. The van der Waals surface area contributed by atoms with E-state index in [1.807, 2.05) is 38.1 Å². The highest BCUT2D eigenvalue weighted by Gasteiger charge is 2.21. The normalized spacial score (nSPS) is 16.6. The molecule has 5 nitrogen and oxygen atoms in total. The number of nitrogens with zero attached hydrogens (tertiary/aromatic N) is 1. The van der Waals surface area contributed by atoms with Crippen molar-refractivity contribution in [2.24, 2.45) is 5.92 Å². The SMILES string of the molecule is CC[C@H](Oc1ccc(OC)cc1)C(=O)N[C@H](C)c1ccc(N2CCC(C)CC2)cc1. The van der Waals surface area contributed by atoms with E-state index in [0.29, 0.717) is 12.2 Å². The quantitative estimate of drug-likeness (QED) is 0.668. The molecule has 1 aliphatic rings. The van der Waals surface area contributed by atoms with Gasteiger partial charge in [-0.1, -0.05) is 26.0 Å². The van der Waals surface area contributed by atoms with Crippen molar-refractivity contribution in [1.82, 2.24) is 5.32 Å². The summed E-state index contributed by atoms with van der Waals surface area (Å²) in [5.41, 5.74) is 2.36. The standard InChI is InChI=1S/C25H34N2O3/c1-5-24(30-23-12-10-22(29-4)11-13-23)25(28)26-19(3)20-6-8-21(9-7-20)27-16-14-18(2)15-17-27/h6-13,18-19,24H,5,14-17H2,1-4H3,(H,26,28)/t19-,24+/m1/s1. The Kier molecular flexibility index (Phi) is 7.61. The molecule has 0 unspecified atom stereocenters. The number of piperidine rings is 1. The molecule has 2 aromatic carbocycles. The Bertz CT molecular complexity index is 796. The van der Waals surface area contributed by atoms with Crippen LogP contribution in [0.2, 0.25) is 0 Å². The number of methoxy groups -OCH3 is 1. The van der Waals surface area contributed by atoms with Gasteiger partial charge in [0.1, 0.15) is 11.5 Å². The van der Waals surface area contributed by atoms with Crippen molar-refractivity contribution in [1.29, 1.82) is 0 Å². The Morgan fingerprint density at radius 1 is 1.07 bits per heavy atom. The van der Waals surface area contributed by atoms with Crippen LogP contribution in [0.25, 0.3) is 0 Å². The summed E-state index contributed by atoms with van der Waals surface area (Å²) in [6, 6.07) is 15.8. The number of amides is 1. The molecular weight excluding hydrogens is 376 g/mol. The number of ether oxygens (including phenoxy) is 2. The number of rotatable bonds is 8. The lowest BCUT2D eigenvalue weighted by molar-refractivity contribution is -0.128. The molecule has 1 aliphatic heterocycles. The van der Waals surface area contributed by atoms with Gasteiger partial charge in [0.15, 0.2) is 6.10 Å². The zero-order chi connectivity index (χ0) is 21.5. The molecule has 5 heteroatoms. The van der Waals surface area contributed by atoms with E-state index in [1.54, 1.807) is 7.11 Å². The van der Waals surface area contributed by atoms with Crippen LogP contribution < -0.4 is 19.7 Å². The minimum Gasteiger partial charge on any atom is -0.497 e. The Morgan fingerprint density at radius 2 is 1.67 bits per heavy atom. The number of carbonyl (C=O) groups is 1. The summed E-state index contributed by atoms with van der Waals surface area (Å²) in [7, 11) is 1.62. The van der Waals surface area contributed by atoms with Gasteiger partial charge in [0.25, 0.3) is 5.91 Å². The number of hydrogen-bond donors (Lipinski definition) is 1. The van der Waals surface area contributed by atoms with E-state index in [0.717, 1.165) is 30.3 Å². The second-order valence-electron chi connectivity index (χ2n) is 8.18. The molecule has 0 spiro atoms. The number of benzene rings is 2. The Labute approximate surface area is 180 Å². The van der Waals surface area contributed by atoms with E-state index in [-0.39, 0.29) is 11.9 Å². The van der Waals surface area contributed by atoms with Gasteiger partial charge in [-0.3, -0.25) is 4.79 Å². The maximum absolute atomic E-state index is 12.8. The molecule has 0 bridgehead atoms. The third-order valence-electron chi connectivity index (χ3n) is 5.90. The van der Waals surface area contributed by atoms with Crippen molar-refractivity contribution in [2.45, 2.75) is 52.2 Å². The molecule has 0 aliphatic carbocycles. The summed E-state index contributed by atoms with van der Waals surface area (Å²) in [4.78, 5) is 15.2. The lowest BCUT2D eigenvalue weighted by atomic mass is 9.98. The molecule has 1 amide bonds. The summed E-state index contributed by atoms with van der Waals surface area (Å²) in [5, 5.41) is 3.09. The Morgan fingerprint density at radius 3 is 2.23 bits per heavy atom. The average molecular weight is 411 g/mol. The highest BCUT2D eigenvalue weighted by atomic mass is 16.5. The molecule has 3 rings (SSSR count). The average Bonchev–Trinajstić information content (AvgIpc) is 2.78. The molecule has 162 valence electrons. The van der Waals surface area contributed by atoms with E-state index in [1.165, 1.54) is 18.5 Å². The van der Waals surface area contributed by atoms with Crippen LogP contribution in [0.3, 0.4) is 0 Å². The second-order valence-corrected chi connectivity index (χ2v) is 8.18. The largest absolute Gasteiger partial charge is 0.497 e.